The molecule has 0 aliphatic heterocycles. The third kappa shape index (κ3) is 1.54. The Morgan fingerprint density at radius 2 is 2.13 bits per heavy atom. The van der Waals surface area contributed by atoms with Crippen molar-refractivity contribution >= 4 is 10.9 Å². The Labute approximate surface area is 85.3 Å². The summed E-state index contributed by atoms with van der Waals surface area (Å²) in [7, 11) is 1.36. The number of aromatic nitrogens is 2. The zero-order valence-corrected chi connectivity index (χ0v) is 8.37. The van der Waals surface area contributed by atoms with E-state index in [0.717, 1.165) is 5.56 Å². The average Bonchev–Trinajstić information content (AvgIpc) is 2.55. The van der Waals surface area contributed by atoms with Gasteiger partial charge in [0.1, 0.15) is 0 Å². The lowest BCUT2D eigenvalue weighted by Crippen LogP contribution is -2.02. The molecule has 0 bridgehead atoms. The Kier molecular flexibility index (Phi) is 2.30. The van der Waals surface area contributed by atoms with E-state index in [0.29, 0.717) is 15.6 Å². The second-order valence-corrected chi connectivity index (χ2v) is 3.25. The first kappa shape index (κ1) is 9.89. The molecule has 0 aliphatic carbocycles. The highest BCUT2D eigenvalue weighted by molar-refractivity contribution is 5.84. The molecule has 0 N–H and O–H groups in total. The molecular formula is C10H10F2N2O. The summed E-state index contributed by atoms with van der Waals surface area (Å²) in [6.45, 7) is -0.805. The average molecular weight is 212 g/mol. The van der Waals surface area contributed by atoms with Crippen molar-refractivity contribution < 1.29 is 13.5 Å². The van der Waals surface area contributed by atoms with Crippen LogP contribution in [0.1, 0.15) is 12.1 Å². The maximum absolute atomic E-state index is 12.6. The lowest BCUT2D eigenvalue weighted by Gasteiger charge is -2.03. The molecule has 0 spiro atoms. The van der Waals surface area contributed by atoms with Crippen LogP contribution in [0.3, 0.4) is 0 Å². The van der Waals surface area contributed by atoms with Crippen LogP contribution in [0.4, 0.5) is 8.78 Å². The highest BCUT2D eigenvalue weighted by Gasteiger charge is 2.17. The topological polar surface area (TPSA) is 27.1 Å². The standard InChI is InChI=1S/C10H10F2N2O/c1-6-3-4-7-8(5-6)13-14(10(11)12)9(7)15-2/h3-5,10H,1-2H3. The molecule has 0 radical (unpaired) electrons. The summed E-state index contributed by atoms with van der Waals surface area (Å²) in [5.41, 5.74) is 1.50. The van der Waals surface area contributed by atoms with Crippen LogP contribution in [0.15, 0.2) is 18.2 Å². The second kappa shape index (κ2) is 3.49. The van der Waals surface area contributed by atoms with Gasteiger partial charge in [0.2, 0.25) is 5.88 Å². The molecular weight excluding hydrogens is 202 g/mol. The monoisotopic (exact) mass is 212 g/mol. The normalized spacial score (nSPS) is 11.3. The van der Waals surface area contributed by atoms with Crippen molar-refractivity contribution in [1.29, 1.82) is 0 Å². The summed E-state index contributed by atoms with van der Waals surface area (Å²) >= 11 is 0. The first-order valence-electron chi connectivity index (χ1n) is 4.44. The summed E-state index contributed by atoms with van der Waals surface area (Å²) in [5.74, 6) is 0.0972. The third-order valence-electron chi connectivity index (χ3n) is 2.19. The Balaban J connectivity index is 2.73. The Morgan fingerprint density at radius 1 is 1.40 bits per heavy atom. The number of rotatable bonds is 2. The van der Waals surface area contributed by atoms with Crippen LogP contribution in [0.5, 0.6) is 5.88 Å². The van der Waals surface area contributed by atoms with Gasteiger partial charge in [0.25, 0.3) is 0 Å². The number of fused-ring (bicyclic) bond motifs is 1. The predicted octanol–water partition coefficient (Wildman–Crippen LogP) is 2.75. The summed E-state index contributed by atoms with van der Waals surface area (Å²) in [6, 6.07) is 5.31. The fourth-order valence-corrected chi connectivity index (χ4v) is 1.53. The highest BCUT2D eigenvalue weighted by Crippen LogP contribution is 2.29. The van der Waals surface area contributed by atoms with Crippen LogP contribution < -0.4 is 4.74 Å². The summed E-state index contributed by atoms with van der Waals surface area (Å²) in [6.07, 6.45) is 0. The summed E-state index contributed by atoms with van der Waals surface area (Å²) in [5, 5.41) is 4.39. The first-order chi connectivity index (χ1) is 7.13. The number of hydrogen-bond acceptors (Lipinski definition) is 2. The van der Waals surface area contributed by atoms with Gasteiger partial charge >= 0.3 is 6.55 Å². The van der Waals surface area contributed by atoms with Crippen LogP contribution in [0.2, 0.25) is 0 Å². The number of halogens is 2. The van der Waals surface area contributed by atoms with Crippen LogP contribution in [0.25, 0.3) is 10.9 Å². The van der Waals surface area contributed by atoms with Crippen LogP contribution >= 0.6 is 0 Å². The van der Waals surface area contributed by atoms with Gasteiger partial charge in [0.15, 0.2) is 0 Å². The molecule has 0 unspecified atom stereocenters. The SMILES string of the molecule is COc1c2ccc(C)cc2nn1C(F)F. The second-order valence-electron chi connectivity index (χ2n) is 3.25. The first-order valence-corrected chi connectivity index (χ1v) is 4.44. The maximum atomic E-state index is 12.6. The van der Waals surface area contributed by atoms with Gasteiger partial charge in [-0.15, -0.1) is 0 Å². The number of aryl methyl sites for hydroxylation is 1. The minimum Gasteiger partial charge on any atom is -0.481 e. The van der Waals surface area contributed by atoms with Crippen molar-refractivity contribution in [2.75, 3.05) is 7.11 Å². The predicted molar refractivity (Wildman–Crippen MR) is 52.3 cm³/mol. The molecule has 5 heteroatoms. The lowest BCUT2D eigenvalue weighted by molar-refractivity contribution is 0.0487. The zero-order chi connectivity index (χ0) is 11.0. The van der Waals surface area contributed by atoms with E-state index in [4.69, 9.17) is 4.74 Å². The van der Waals surface area contributed by atoms with Crippen molar-refractivity contribution in [1.82, 2.24) is 9.78 Å². The van der Waals surface area contributed by atoms with Gasteiger partial charge in [0.05, 0.1) is 18.0 Å². The molecule has 15 heavy (non-hydrogen) atoms. The van der Waals surface area contributed by atoms with Crippen LogP contribution in [-0.4, -0.2) is 16.9 Å². The molecule has 80 valence electrons. The van der Waals surface area contributed by atoms with E-state index in [1.165, 1.54) is 7.11 Å². The van der Waals surface area contributed by atoms with Gasteiger partial charge in [-0.2, -0.15) is 18.6 Å². The molecule has 0 aliphatic rings. The van der Waals surface area contributed by atoms with Crippen LogP contribution in [0, 0.1) is 6.92 Å². The third-order valence-corrected chi connectivity index (χ3v) is 2.19. The van der Waals surface area contributed by atoms with Crippen molar-refractivity contribution in [2.24, 2.45) is 0 Å². The molecule has 0 fully saturated rings. The van der Waals surface area contributed by atoms with E-state index in [1.807, 2.05) is 13.0 Å². The molecule has 2 rings (SSSR count). The zero-order valence-electron chi connectivity index (χ0n) is 8.37. The van der Waals surface area contributed by atoms with E-state index in [9.17, 15) is 8.78 Å². The Bertz CT molecular complexity index is 493. The Morgan fingerprint density at radius 3 is 2.73 bits per heavy atom. The van der Waals surface area contributed by atoms with Gasteiger partial charge in [-0.3, -0.25) is 0 Å². The number of nitrogens with zero attached hydrogens (tertiary/aromatic N) is 2. The summed E-state index contributed by atoms with van der Waals surface area (Å²) in [4.78, 5) is 0. The molecule has 0 saturated heterocycles. The van der Waals surface area contributed by atoms with E-state index < -0.39 is 6.55 Å². The fraction of sp³-hybridized carbons (Fsp3) is 0.300. The Hall–Kier alpha value is -1.65. The van der Waals surface area contributed by atoms with Crippen molar-refractivity contribution in [3.05, 3.63) is 23.8 Å². The minimum absolute atomic E-state index is 0.0972. The summed E-state index contributed by atoms with van der Waals surface area (Å²) < 4.78 is 30.7. The molecule has 0 saturated carbocycles. The highest BCUT2D eigenvalue weighted by atomic mass is 19.3. The molecule has 3 nitrogen and oxygen atoms in total. The van der Waals surface area contributed by atoms with Crippen molar-refractivity contribution in [3.8, 4) is 5.88 Å². The fourth-order valence-electron chi connectivity index (χ4n) is 1.53. The van der Waals surface area contributed by atoms with Gasteiger partial charge in [-0.1, -0.05) is 6.07 Å². The van der Waals surface area contributed by atoms with E-state index in [1.54, 1.807) is 12.1 Å². The number of hydrogen-bond donors (Lipinski definition) is 0. The van der Waals surface area contributed by atoms with E-state index in [-0.39, 0.29) is 5.88 Å². The lowest BCUT2D eigenvalue weighted by atomic mass is 10.2. The van der Waals surface area contributed by atoms with Crippen LogP contribution in [-0.2, 0) is 0 Å². The number of methoxy groups -OCH3 is 1. The molecule has 0 atom stereocenters. The van der Waals surface area contributed by atoms with Gasteiger partial charge in [-0.25, -0.2) is 0 Å². The van der Waals surface area contributed by atoms with Gasteiger partial charge < -0.3 is 4.74 Å². The molecule has 2 aromatic rings. The largest absolute Gasteiger partial charge is 0.481 e. The number of alkyl halides is 2. The van der Waals surface area contributed by atoms with Crippen molar-refractivity contribution in [2.45, 2.75) is 13.5 Å². The molecule has 1 aromatic heterocycles. The van der Waals surface area contributed by atoms with E-state index in [2.05, 4.69) is 5.10 Å². The van der Waals surface area contributed by atoms with E-state index >= 15 is 0 Å². The maximum Gasteiger partial charge on any atom is 0.336 e. The molecule has 1 aromatic carbocycles. The number of benzene rings is 1. The minimum atomic E-state index is -2.69. The molecule has 0 amide bonds. The van der Waals surface area contributed by atoms with Crippen molar-refractivity contribution in [3.63, 3.8) is 0 Å². The van der Waals surface area contributed by atoms with Gasteiger partial charge in [-0.05, 0) is 24.6 Å². The van der Waals surface area contributed by atoms with Gasteiger partial charge in [0, 0.05) is 0 Å². The number of ether oxygens (including phenoxy) is 1. The quantitative estimate of drug-likeness (QED) is 0.765. The smallest absolute Gasteiger partial charge is 0.336 e. The molecule has 1 heterocycles.